The summed E-state index contributed by atoms with van der Waals surface area (Å²) in [5, 5.41) is 17.8. The van der Waals surface area contributed by atoms with Gasteiger partial charge in [-0.2, -0.15) is 0 Å². The van der Waals surface area contributed by atoms with Crippen LogP contribution in [0.2, 0.25) is 0 Å². The second kappa shape index (κ2) is 18.8. The Morgan fingerprint density at radius 3 is 1.24 bits per heavy atom. The van der Waals surface area contributed by atoms with Gasteiger partial charge in [0, 0.05) is 38.8 Å². The van der Waals surface area contributed by atoms with Crippen LogP contribution in [0.25, 0.3) is 32.3 Å². The SMILES string of the molecule is NCCCNC(=O)[C@H](Cc1ccc2ccccc2c1)NC(=O)[C@@H](Cc1ccc2ccccc2c1)NC(=O)[C@@H](Cc1ccc2ccccc2c1)NC(=O)CCN. The quantitative estimate of drug-likeness (QED) is 0.0758. The van der Waals surface area contributed by atoms with Crippen LogP contribution in [-0.4, -0.2) is 61.4 Å². The maximum atomic E-state index is 14.4. The molecule has 8 N–H and O–H groups in total. The van der Waals surface area contributed by atoms with E-state index >= 15 is 0 Å². The monoisotopic (exact) mass is 736 g/mol. The summed E-state index contributed by atoms with van der Waals surface area (Å²) in [5.74, 6) is -1.78. The summed E-state index contributed by atoms with van der Waals surface area (Å²) >= 11 is 0. The van der Waals surface area contributed by atoms with E-state index in [1.165, 1.54) is 0 Å². The third-order valence-electron chi connectivity index (χ3n) is 9.73. The zero-order chi connectivity index (χ0) is 38.6. The van der Waals surface area contributed by atoms with Gasteiger partial charge in [-0.1, -0.05) is 127 Å². The van der Waals surface area contributed by atoms with E-state index in [2.05, 4.69) is 21.3 Å². The number of hydrogen-bond acceptors (Lipinski definition) is 6. The summed E-state index contributed by atoms with van der Waals surface area (Å²) in [6.07, 6.45) is 1.17. The van der Waals surface area contributed by atoms with Crippen LogP contribution in [0.15, 0.2) is 127 Å². The number of carbonyl (C=O) groups is 4. The lowest BCUT2D eigenvalue weighted by Gasteiger charge is -2.26. The predicted octanol–water partition coefficient (Wildman–Crippen LogP) is 4.44. The van der Waals surface area contributed by atoms with Crippen molar-refractivity contribution in [3.8, 4) is 0 Å². The lowest BCUT2D eigenvalue weighted by atomic mass is 9.98. The maximum Gasteiger partial charge on any atom is 0.243 e. The van der Waals surface area contributed by atoms with E-state index in [9.17, 15) is 19.2 Å². The molecular formula is C45H48N6O4. The van der Waals surface area contributed by atoms with E-state index in [4.69, 9.17) is 11.5 Å². The van der Waals surface area contributed by atoms with Crippen LogP contribution in [0.4, 0.5) is 0 Å². The van der Waals surface area contributed by atoms with Crippen molar-refractivity contribution in [2.45, 2.75) is 50.2 Å². The number of amides is 4. The van der Waals surface area contributed by atoms with E-state index in [1.807, 2.05) is 127 Å². The summed E-state index contributed by atoms with van der Waals surface area (Å²) in [6.45, 7) is 0.884. The van der Waals surface area contributed by atoms with E-state index < -0.39 is 29.9 Å². The van der Waals surface area contributed by atoms with Gasteiger partial charge in [0.2, 0.25) is 23.6 Å². The Morgan fingerprint density at radius 2 is 0.836 bits per heavy atom. The van der Waals surface area contributed by atoms with Crippen molar-refractivity contribution in [2.24, 2.45) is 11.5 Å². The molecule has 0 heterocycles. The molecule has 0 saturated heterocycles. The number of hydrogen-bond donors (Lipinski definition) is 6. The molecule has 0 aliphatic rings. The van der Waals surface area contributed by atoms with Gasteiger partial charge < -0.3 is 32.7 Å². The van der Waals surface area contributed by atoms with Crippen molar-refractivity contribution in [1.82, 2.24) is 21.3 Å². The molecule has 0 saturated carbocycles. The minimum Gasteiger partial charge on any atom is -0.354 e. The summed E-state index contributed by atoms with van der Waals surface area (Å²) in [4.78, 5) is 55.2. The molecule has 6 rings (SSSR count). The van der Waals surface area contributed by atoms with E-state index in [0.29, 0.717) is 19.5 Å². The van der Waals surface area contributed by atoms with Gasteiger partial charge in [-0.15, -0.1) is 0 Å². The Hall–Kier alpha value is -6.10. The summed E-state index contributed by atoms with van der Waals surface area (Å²) in [7, 11) is 0. The number of fused-ring (bicyclic) bond motifs is 3. The van der Waals surface area contributed by atoms with Crippen LogP contribution >= 0.6 is 0 Å². The second-order valence-corrected chi connectivity index (χ2v) is 13.9. The zero-order valence-electron chi connectivity index (χ0n) is 30.8. The van der Waals surface area contributed by atoms with Crippen molar-refractivity contribution in [2.75, 3.05) is 19.6 Å². The minimum absolute atomic E-state index is 0.0399. The van der Waals surface area contributed by atoms with Crippen LogP contribution in [0.1, 0.15) is 29.5 Å². The van der Waals surface area contributed by atoms with Crippen molar-refractivity contribution in [1.29, 1.82) is 0 Å². The molecular weight excluding hydrogens is 689 g/mol. The Bertz CT molecular complexity index is 2290. The first-order valence-corrected chi connectivity index (χ1v) is 18.8. The molecule has 10 nitrogen and oxygen atoms in total. The summed E-state index contributed by atoms with van der Waals surface area (Å²) in [6, 6.07) is 38.5. The minimum atomic E-state index is -1.09. The summed E-state index contributed by atoms with van der Waals surface area (Å²) in [5.41, 5.74) is 13.9. The Kier molecular flexibility index (Phi) is 13.2. The molecule has 0 fully saturated rings. The van der Waals surface area contributed by atoms with Crippen LogP contribution in [0.5, 0.6) is 0 Å². The highest BCUT2D eigenvalue weighted by molar-refractivity contribution is 5.95. The standard InChI is InChI=1S/C45H48N6O4/c46-21-7-23-48-43(53)39(27-30-14-17-33-8-1-4-11-36(33)24-30)50-45(55)41(29-32-16-19-35-10-3-6-13-38(35)26-32)51-44(54)40(49-42(52)20-22-47)28-31-15-18-34-9-2-5-12-37(34)25-31/h1-6,8-19,24-26,39-41H,7,20-23,27-29,46-47H2,(H,48,53)(H,49,52)(H,50,55)(H,51,54)/t39-,40+,41+/m0/s1. The molecule has 10 heteroatoms. The molecule has 282 valence electrons. The van der Waals surface area contributed by atoms with Gasteiger partial charge in [0.15, 0.2) is 0 Å². The molecule has 0 bridgehead atoms. The fourth-order valence-electron chi connectivity index (χ4n) is 6.81. The van der Waals surface area contributed by atoms with Gasteiger partial charge in [-0.25, -0.2) is 0 Å². The fraction of sp³-hybridized carbons (Fsp3) is 0.244. The second-order valence-electron chi connectivity index (χ2n) is 13.9. The first-order valence-electron chi connectivity index (χ1n) is 18.8. The normalized spacial score (nSPS) is 12.8. The first kappa shape index (κ1) is 38.6. The van der Waals surface area contributed by atoms with Crippen LogP contribution in [0, 0.1) is 0 Å². The van der Waals surface area contributed by atoms with Gasteiger partial charge >= 0.3 is 0 Å². The molecule has 6 aromatic carbocycles. The average Bonchev–Trinajstić information content (AvgIpc) is 3.20. The number of benzene rings is 6. The molecule has 0 aliphatic heterocycles. The van der Waals surface area contributed by atoms with Gasteiger partial charge in [0.1, 0.15) is 18.1 Å². The highest BCUT2D eigenvalue weighted by Crippen LogP contribution is 2.20. The molecule has 0 aromatic heterocycles. The van der Waals surface area contributed by atoms with Crippen molar-refractivity contribution >= 4 is 55.9 Å². The highest BCUT2D eigenvalue weighted by atomic mass is 16.2. The largest absolute Gasteiger partial charge is 0.354 e. The van der Waals surface area contributed by atoms with Gasteiger partial charge in [0.05, 0.1) is 0 Å². The third-order valence-corrected chi connectivity index (χ3v) is 9.73. The maximum absolute atomic E-state index is 14.4. The molecule has 0 radical (unpaired) electrons. The molecule has 3 atom stereocenters. The predicted molar refractivity (Wildman–Crippen MR) is 219 cm³/mol. The smallest absolute Gasteiger partial charge is 0.243 e. The summed E-state index contributed by atoms with van der Waals surface area (Å²) < 4.78 is 0. The Labute approximate surface area is 321 Å². The fourth-order valence-corrected chi connectivity index (χ4v) is 6.81. The van der Waals surface area contributed by atoms with Gasteiger partial charge in [-0.3, -0.25) is 19.2 Å². The number of rotatable bonds is 17. The van der Waals surface area contributed by atoms with Crippen LogP contribution < -0.4 is 32.7 Å². The lowest BCUT2D eigenvalue weighted by molar-refractivity contribution is -0.133. The third kappa shape index (κ3) is 10.5. The zero-order valence-corrected chi connectivity index (χ0v) is 30.8. The van der Waals surface area contributed by atoms with Crippen LogP contribution in [-0.2, 0) is 38.4 Å². The van der Waals surface area contributed by atoms with Crippen molar-refractivity contribution < 1.29 is 19.2 Å². The number of nitrogens with one attached hydrogen (secondary N) is 4. The lowest BCUT2D eigenvalue weighted by Crippen LogP contribution is -2.58. The van der Waals surface area contributed by atoms with Gasteiger partial charge in [0.25, 0.3) is 0 Å². The Morgan fingerprint density at radius 1 is 0.455 bits per heavy atom. The molecule has 0 unspecified atom stereocenters. The van der Waals surface area contributed by atoms with Gasteiger partial charge in [-0.05, 0) is 62.0 Å². The molecule has 4 amide bonds. The van der Waals surface area contributed by atoms with E-state index in [0.717, 1.165) is 49.0 Å². The van der Waals surface area contributed by atoms with Crippen molar-refractivity contribution in [3.63, 3.8) is 0 Å². The number of nitrogens with two attached hydrogens (primary N) is 2. The molecule has 6 aromatic rings. The number of carbonyl (C=O) groups excluding carboxylic acids is 4. The Balaban J connectivity index is 1.29. The van der Waals surface area contributed by atoms with E-state index in [1.54, 1.807) is 0 Å². The topological polar surface area (TPSA) is 168 Å². The molecule has 55 heavy (non-hydrogen) atoms. The molecule has 0 spiro atoms. The van der Waals surface area contributed by atoms with E-state index in [-0.39, 0.29) is 44.0 Å². The van der Waals surface area contributed by atoms with Crippen LogP contribution in [0.3, 0.4) is 0 Å². The first-order chi connectivity index (χ1) is 26.8. The van der Waals surface area contributed by atoms with Crippen molar-refractivity contribution in [3.05, 3.63) is 144 Å². The molecule has 0 aliphatic carbocycles. The average molecular weight is 737 g/mol. The highest BCUT2D eigenvalue weighted by Gasteiger charge is 2.30.